The third kappa shape index (κ3) is 5.65. The number of benzene rings is 2. The summed E-state index contributed by atoms with van der Waals surface area (Å²) in [5, 5.41) is 21.8. The first-order valence-electron chi connectivity index (χ1n) is 12.7. The minimum Gasteiger partial charge on any atom is -0.507 e. The van der Waals surface area contributed by atoms with Gasteiger partial charge in [0.05, 0.1) is 37.5 Å². The van der Waals surface area contributed by atoms with Crippen molar-refractivity contribution in [1.29, 1.82) is 0 Å². The van der Waals surface area contributed by atoms with E-state index in [0.717, 1.165) is 30.8 Å². The third-order valence-corrected chi connectivity index (χ3v) is 7.07. The molecule has 0 aromatic heterocycles. The van der Waals surface area contributed by atoms with Crippen LogP contribution in [0.5, 0.6) is 11.5 Å². The van der Waals surface area contributed by atoms with Crippen molar-refractivity contribution in [3.8, 4) is 11.5 Å². The van der Waals surface area contributed by atoms with E-state index in [1.807, 2.05) is 24.3 Å². The number of Topliss-reactive ketones (excluding diaryl/α,β-unsaturated/α-hetero) is 1. The van der Waals surface area contributed by atoms with E-state index in [4.69, 9.17) is 9.47 Å². The highest BCUT2D eigenvalue weighted by atomic mass is 16.5. The maximum atomic E-state index is 13.3. The number of likely N-dealkylation sites (tertiary alicyclic amines) is 1. The van der Waals surface area contributed by atoms with E-state index in [0.29, 0.717) is 31.9 Å². The van der Waals surface area contributed by atoms with E-state index in [-0.39, 0.29) is 22.3 Å². The van der Waals surface area contributed by atoms with Gasteiger partial charge in [-0.15, -0.1) is 0 Å². The summed E-state index contributed by atoms with van der Waals surface area (Å²) >= 11 is 0. The number of ether oxygens (including phenoxy) is 2. The zero-order chi connectivity index (χ0) is 26.7. The normalized spacial score (nSPS) is 20.4. The molecule has 2 fully saturated rings. The van der Waals surface area contributed by atoms with Crippen LogP contribution in [0.2, 0.25) is 0 Å². The van der Waals surface area contributed by atoms with Gasteiger partial charge in [0, 0.05) is 32.2 Å². The van der Waals surface area contributed by atoms with E-state index < -0.39 is 23.5 Å². The third-order valence-electron chi connectivity index (χ3n) is 7.07. The van der Waals surface area contributed by atoms with Crippen molar-refractivity contribution in [1.82, 2.24) is 9.80 Å². The molecular formula is C29H36N2O6. The highest BCUT2D eigenvalue weighted by Crippen LogP contribution is 2.41. The standard InChI is InChI=1S/C29H36N2O6/c1-29(2,3)20-8-6-19(7-9-20)25-24(26(33)22-11-10-21(36-4)18-23(22)32)27(34)28(35)31(25)13-5-12-30-14-16-37-17-15-30/h6-11,18,25,32-33H,5,12-17H2,1-4H3/t25-/m0/s1. The molecule has 8 nitrogen and oxygen atoms in total. The van der Waals surface area contributed by atoms with Crippen LogP contribution in [0, 0.1) is 0 Å². The van der Waals surface area contributed by atoms with Gasteiger partial charge in [0.2, 0.25) is 0 Å². The van der Waals surface area contributed by atoms with E-state index in [1.54, 1.807) is 11.0 Å². The molecule has 2 heterocycles. The summed E-state index contributed by atoms with van der Waals surface area (Å²) in [6, 6.07) is 11.5. The van der Waals surface area contributed by atoms with Gasteiger partial charge in [0.25, 0.3) is 11.7 Å². The van der Waals surface area contributed by atoms with Crippen LogP contribution in [0.1, 0.15) is 49.9 Å². The minimum absolute atomic E-state index is 0.0275. The molecule has 37 heavy (non-hydrogen) atoms. The van der Waals surface area contributed by atoms with Crippen molar-refractivity contribution in [3.63, 3.8) is 0 Å². The summed E-state index contributed by atoms with van der Waals surface area (Å²) in [5.74, 6) is -1.64. The number of amides is 1. The largest absolute Gasteiger partial charge is 0.507 e. The van der Waals surface area contributed by atoms with Crippen molar-refractivity contribution in [3.05, 3.63) is 64.7 Å². The lowest BCUT2D eigenvalue weighted by molar-refractivity contribution is -0.140. The molecule has 1 atom stereocenters. The number of aromatic hydroxyl groups is 1. The zero-order valence-electron chi connectivity index (χ0n) is 22.0. The quantitative estimate of drug-likeness (QED) is 0.333. The van der Waals surface area contributed by atoms with Crippen molar-refractivity contribution in [2.45, 2.75) is 38.6 Å². The second-order valence-corrected chi connectivity index (χ2v) is 10.6. The molecule has 0 radical (unpaired) electrons. The van der Waals surface area contributed by atoms with Gasteiger partial charge in [-0.1, -0.05) is 45.0 Å². The van der Waals surface area contributed by atoms with Crippen LogP contribution in [0.15, 0.2) is 48.0 Å². The number of carbonyl (C=O) groups is 2. The number of hydrogen-bond donors (Lipinski definition) is 2. The van der Waals surface area contributed by atoms with Gasteiger partial charge in [-0.2, -0.15) is 0 Å². The highest BCUT2D eigenvalue weighted by molar-refractivity contribution is 6.46. The maximum Gasteiger partial charge on any atom is 0.295 e. The Morgan fingerprint density at radius 2 is 1.73 bits per heavy atom. The molecule has 2 aliphatic rings. The number of methoxy groups -OCH3 is 1. The molecule has 2 aromatic carbocycles. The molecule has 1 amide bonds. The number of phenols is 1. The fourth-order valence-corrected chi connectivity index (χ4v) is 4.90. The molecular weight excluding hydrogens is 472 g/mol. The molecule has 2 aromatic rings. The van der Waals surface area contributed by atoms with Crippen LogP contribution >= 0.6 is 0 Å². The number of nitrogens with zero attached hydrogens (tertiary/aromatic N) is 2. The van der Waals surface area contributed by atoms with Crippen LogP contribution in [0.4, 0.5) is 0 Å². The van der Waals surface area contributed by atoms with Crippen molar-refractivity contribution < 1.29 is 29.3 Å². The van der Waals surface area contributed by atoms with Crippen molar-refractivity contribution >= 4 is 17.4 Å². The summed E-state index contributed by atoms with van der Waals surface area (Å²) in [4.78, 5) is 30.4. The Morgan fingerprint density at radius 1 is 1.05 bits per heavy atom. The molecule has 0 spiro atoms. The van der Waals surface area contributed by atoms with Gasteiger partial charge in [-0.25, -0.2) is 0 Å². The van der Waals surface area contributed by atoms with Gasteiger partial charge in [0.15, 0.2) is 0 Å². The topological polar surface area (TPSA) is 99.5 Å². The van der Waals surface area contributed by atoms with E-state index in [9.17, 15) is 19.8 Å². The molecule has 2 N–H and O–H groups in total. The number of aliphatic hydroxyl groups excluding tert-OH is 1. The fourth-order valence-electron chi connectivity index (χ4n) is 4.90. The van der Waals surface area contributed by atoms with Crippen molar-refractivity contribution in [2.24, 2.45) is 0 Å². The highest BCUT2D eigenvalue weighted by Gasteiger charge is 2.46. The van der Waals surface area contributed by atoms with Gasteiger partial charge >= 0.3 is 0 Å². The number of carbonyl (C=O) groups excluding carboxylic acids is 2. The summed E-state index contributed by atoms with van der Waals surface area (Å²) in [5.41, 5.74) is 1.83. The van der Waals surface area contributed by atoms with Gasteiger partial charge < -0.3 is 24.6 Å². The molecule has 4 rings (SSSR count). The number of hydrogen-bond acceptors (Lipinski definition) is 7. The average molecular weight is 509 g/mol. The zero-order valence-corrected chi connectivity index (χ0v) is 22.0. The lowest BCUT2D eigenvalue weighted by Crippen LogP contribution is -2.39. The SMILES string of the molecule is COc1ccc(C(O)=C2C(=O)C(=O)N(CCCN3CCOCC3)[C@H]2c2ccc(C(C)(C)C)cc2)c(O)c1. The Labute approximate surface area is 218 Å². The number of ketones is 1. The molecule has 2 saturated heterocycles. The van der Waals surface area contributed by atoms with Gasteiger partial charge in [0.1, 0.15) is 17.3 Å². The number of phenolic OH excluding ortho intramolecular Hbond substituents is 1. The number of rotatable bonds is 7. The second kappa shape index (κ2) is 10.9. The first-order chi connectivity index (χ1) is 17.6. The average Bonchev–Trinajstić information content (AvgIpc) is 3.13. The Bertz CT molecular complexity index is 1180. The second-order valence-electron chi connectivity index (χ2n) is 10.6. The number of morpholine rings is 1. The monoisotopic (exact) mass is 508 g/mol. The first kappa shape index (κ1) is 26.7. The molecule has 0 saturated carbocycles. The minimum atomic E-state index is -0.764. The maximum absolute atomic E-state index is 13.3. The molecule has 8 heteroatoms. The Morgan fingerprint density at radius 3 is 2.32 bits per heavy atom. The predicted octanol–water partition coefficient (Wildman–Crippen LogP) is 3.84. The Kier molecular flexibility index (Phi) is 7.90. The van der Waals surface area contributed by atoms with Crippen molar-refractivity contribution in [2.75, 3.05) is 46.5 Å². The molecule has 198 valence electrons. The van der Waals surface area contributed by atoms with Crippen LogP contribution < -0.4 is 4.74 Å². The van der Waals surface area contributed by atoms with E-state index in [1.165, 1.54) is 19.2 Å². The summed E-state index contributed by atoms with van der Waals surface area (Å²) in [6.07, 6.45) is 0.678. The van der Waals surface area contributed by atoms with E-state index in [2.05, 4.69) is 25.7 Å². The lowest BCUT2D eigenvalue weighted by Gasteiger charge is -2.29. The summed E-state index contributed by atoms with van der Waals surface area (Å²) in [6.45, 7) is 10.6. The lowest BCUT2D eigenvalue weighted by atomic mass is 9.85. The smallest absolute Gasteiger partial charge is 0.295 e. The molecule has 0 aliphatic carbocycles. The van der Waals surface area contributed by atoms with Gasteiger partial charge in [-0.05, 0) is 35.1 Å². The summed E-state index contributed by atoms with van der Waals surface area (Å²) < 4.78 is 10.5. The Balaban J connectivity index is 1.72. The fraction of sp³-hybridized carbons (Fsp3) is 0.448. The van der Waals surface area contributed by atoms with Crippen LogP contribution in [-0.4, -0.2) is 78.2 Å². The molecule has 2 aliphatic heterocycles. The molecule has 0 unspecified atom stereocenters. The van der Waals surface area contributed by atoms with Crippen LogP contribution in [-0.2, 0) is 19.7 Å². The summed E-state index contributed by atoms with van der Waals surface area (Å²) in [7, 11) is 1.47. The Hall–Kier alpha value is -3.36. The number of aliphatic hydroxyl groups is 1. The van der Waals surface area contributed by atoms with Crippen LogP contribution in [0.25, 0.3) is 5.76 Å². The predicted molar refractivity (Wildman–Crippen MR) is 141 cm³/mol. The van der Waals surface area contributed by atoms with E-state index >= 15 is 0 Å². The van der Waals surface area contributed by atoms with Crippen LogP contribution in [0.3, 0.4) is 0 Å². The first-order valence-corrected chi connectivity index (χ1v) is 12.7. The molecule has 0 bridgehead atoms. The van der Waals surface area contributed by atoms with Gasteiger partial charge in [-0.3, -0.25) is 14.5 Å².